The van der Waals surface area contributed by atoms with E-state index in [1.807, 2.05) is 50.2 Å². The van der Waals surface area contributed by atoms with Crippen molar-refractivity contribution in [1.82, 2.24) is 15.6 Å². The van der Waals surface area contributed by atoms with Crippen LogP contribution in [0.15, 0.2) is 47.6 Å². The largest absolute Gasteiger partial charge is 0.494 e. The third-order valence-electron chi connectivity index (χ3n) is 4.27. The van der Waals surface area contributed by atoms with Gasteiger partial charge in [-0.3, -0.25) is 4.99 Å². The van der Waals surface area contributed by atoms with Gasteiger partial charge in [0.15, 0.2) is 5.96 Å². The van der Waals surface area contributed by atoms with Crippen LogP contribution < -0.4 is 20.1 Å². The number of nitrogens with one attached hydrogen (secondary N) is 2. The summed E-state index contributed by atoms with van der Waals surface area (Å²) < 4.78 is 17.0. The van der Waals surface area contributed by atoms with E-state index in [9.17, 15) is 0 Å². The zero-order valence-corrected chi connectivity index (χ0v) is 18.0. The Bertz CT molecular complexity index is 776. The van der Waals surface area contributed by atoms with Crippen molar-refractivity contribution in [3.63, 3.8) is 0 Å². The van der Waals surface area contributed by atoms with E-state index in [2.05, 4.69) is 27.5 Å². The normalized spacial score (nSPS) is 11.8. The van der Waals surface area contributed by atoms with E-state index >= 15 is 0 Å². The van der Waals surface area contributed by atoms with Gasteiger partial charge in [0, 0.05) is 39.0 Å². The lowest BCUT2D eigenvalue weighted by Crippen LogP contribution is -2.45. The number of aromatic nitrogens is 1. The van der Waals surface area contributed by atoms with Crippen LogP contribution in [-0.4, -0.2) is 43.9 Å². The van der Waals surface area contributed by atoms with Gasteiger partial charge in [0.2, 0.25) is 5.88 Å². The molecular weight excluding hydrogens is 368 g/mol. The fourth-order valence-electron chi connectivity index (χ4n) is 2.35. The molecule has 0 saturated carbocycles. The number of nitrogens with zero attached hydrogens (tertiary/aromatic N) is 2. The summed E-state index contributed by atoms with van der Waals surface area (Å²) in [6, 6.07) is 11.4. The monoisotopic (exact) mass is 400 g/mol. The molecule has 7 nitrogen and oxygen atoms in total. The van der Waals surface area contributed by atoms with Crippen LogP contribution in [0, 0.1) is 0 Å². The Morgan fingerprint density at radius 1 is 1.10 bits per heavy atom. The summed E-state index contributed by atoms with van der Waals surface area (Å²) >= 11 is 0. The number of ether oxygens (including phenoxy) is 3. The number of pyridine rings is 1. The van der Waals surface area contributed by atoms with Crippen LogP contribution in [0.3, 0.4) is 0 Å². The molecule has 7 heteroatoms. The Morgan fingerprint density at radius 3 is 2.48 bits per heavy atom. The highest BCUT2D eigenvalue weighted by Gasteiger charge is 2.16. The van der Waals surface area contributed by atoms with Crippen LogP contribution in [0.1, 0.15) is 32.8 Å². The number of guanidine groups is 1. The van der Waals surface area contributed by atoms with Gasteiger partial charge in [0.05, 0.1) is 12.2 Å². The smallest absolute Gasteiger partial charge is 0.224 e. The molecule has 2 N–H and O–H groups in total. The number of hydrogen-bond donors (Lipinski definition) is 2. The van der Waals surface area contributed by atoms with Gasteiger partial charge in [0.25, 0.3) is 0 Å². The molecule has 1 aromatic heterocycles. The maximum Gasteiger partial charge on any atom is 0.224 e. The molecule has 0 radical (unpaired) electrons. The zero-order chi connectivity index (χ0) is 21.1. The summed E-state index contributed by atoms with van der Waals surface area (Å²) in [5.41, 5.74) is 0.639. The van der Waals surface area contributed by atoms with Crippen LogP contribution in [0.2, 0.25) is 0 Å². The maximum absolute atomic E-state index is 5.98. The SMILES string of the molecule is CCCOc1ccc(Oc2ncccc2CNC(=NC)NCC(C)(C)OC)cc1. The summed E-state index contributed by atoms with van der Waals surface area (Å²) in [4.78, 5) is 8.63. The van der Waals surface area contributed by atoms with Gasteiger partial charge in [-0.25, -0.2) is 4.98 Å². The first-order valence-electron chi connectivity index (χ1n) is 9.81. The molecule has 0 aliphatic rings. The van der Waals surface area contributed by atoms with Crippen LogP contribution in [0.5, 0.6) is 17.4 Å². The molecule has 0 bridgehead atoms. The molecule has 0 fully saturated rings. The van der Waals surface area contributed by atoms with E-state index in [1.54, 1.807) is 20.4 Å². The van der Waals surface area contributed by atoms with Gasteiger partial charge >= 0.3 is 0 Å². The van der Waals surface area contributed by atoms with E-state index in [0.29, 0.717) is 37.3 Å². The number of benzene rings is 1. The average Bonchev–Trinajstić information content (AvgIpc) is 2.74. The molecule has 0 spiro atoms. The van der Waals surface area contributed by atoms with Crippen molar-refractivity contribution in [3.05, 3.63) is 48.2 Å². The fourth-order valence-corrected chi connectivity index (χ4v) is 2.35. The molecule has 0 atom stereocenters. The molecule has 1 aromatic carbocycles. The van der Waals surface area contributed by atoms with Gasteiger partial charge in [-0.1, -0.05) is 13.0 Å². The summed E-state index contributed by atoms with van der Waals surface area (Å²) in [5.74, 6) is 2.77. The number of methoxy groups -OCH3 is 1. The van der Waals surface area contributed by atoms with Crippen LogP contribution >= 0.6 is 0 Å². The summed E-state index contributed by atoms with van der Waals surface area (Å²) in [6.45, 7) is 7.96. The predicted octanol–water partition coefficient (Wildman–Crippen LogP) is 3.75. The van der Waals surface area contributed by atoms with Crippen molar-refractivity contribution in [2.24, 2.45) is 4.99 Å². The minimum absolute atomic E-state index is 0.285. The van der Waals surface area contributed by atoms with Gasteiger partial charge in [0.1, 0.15) is 11.5 Å². The van der Waals surface area contributed by atoms with E-state index in [0.717, 1.165) is 17.7 Å². The van der Waals surface area contributed by atoms with Gasteiger partial charge < -0.3 is 24.8 Å². The van der Waals surface area contributed by atoms with Crippen molar-refractivity contribution in [3.8, 4) is 17.4 Å². The number of hydrogen-bond acceptors (Lipinski definition) is 5. The molecule has 2 aromatic rings. The molecule has 29 heavy (non-hydrogen) atoms. The quantitative estimate of drug-likeness (QED) is 0.467. The Balaban J connectivity index is 1.97. The minimum atomic E-state index is -0.285. The van der Waals surface area contributed by atoms with Crippen molar-refractivity contribution in [2.45, 2.75) is 39.3 Å². The second kappa shape index (κ2) is 11.3. The Kier molecular flexibility index (Phi) is 8.73. The van der Waals surface area contributed by atoms with Gasteiger partial charge in [-0.2, -0.15) is 0 Å². The second-order valence-electron chi connectivity index (χ2n) is 7.13. The average molecular weight is 401 g/mol. The van der Waals surface area contributed by atoms with E-state index in [1.165, 1.54) is 0 Å². The number of aliphatic imine (C=N–C) groups is 1. The highest BCUT2D eigenvalue weighted by Crippen LogP contribution is 2.25. The fraction of sp³-hybridized carbons (Fsp3) is 0.455. The topological polar surface area (TPSA) is 77.0 Å². The molecule has 0 amide bonds. The first-order chi connectivity index (χ1) is 14.0. The van der Waals surface area contributed by atoms with E-state index in [4.69, 9.17) is 14.2 Å². The van der Waals surface area contributed by atoms with Crippen molar-refractivity contribution < 1.29 is 14.2 Å². The minimum Gasteiger partial charge on any atom is -0.494 e. The van der Waals surface area contributed by atoms with E-state index in [-0.39, 0.29) is 5.60 Å². The first-order valence-corrected chi connectivity index (χ1v) is 9.81. The van der Waals surface area contributed by atoms with E-state index < -0.39 is 0 Å². The van der Waals surface area contributed by atoms with Crippen molar-refractivity contribution in [2.75, 3.05) is 27.3 Å². The summed E-state index contributed by atoms with van der Waals surface area (Å²) in [5, 5.41) is 6.55. The molecule has 0 aliphatic carbocycles. The number of rotatable bonds is 10. The predicted molar refractivity (Wildman–Crippen MR) is 116 cm³/mol. The maximum atomic E-state index is 5.98. The molecule has 0 aliphatic heterocycles. The van der Waals surface area contributed by atoms with Crippen molar-refractivity contribution >= 4 is 5.96 Å². The third-order valence-corrected chi connectivity index (χ3v) is 4.27. The molecule has 0 saturated heterocycles. The van der Waals surface area contributed by atoms with Crippen LogP contribution in [-0.2, 0) is 11.3 Å². The van der Waals surface area contributed by atoms with Crippen LogP contribution in [0.4, 0.5) is 0 Å². The molecule has 158 valence electrons. The Morgan fingerprint density at radius 2 is 1.83 bits per heavy atom. The molecule has 0 unspecified atom stereocenters. The van der Waals surface area contributed by atoms with Crippen molar-refractivity contribution in [1.29, 1.82) is 0 Å². The Hall–Kier alpha value is -2.80. The standard InChI is InChI=1S/C22H32N4O3/c1-6-14-28-18-9-11-19(12-10-18)29-20-17(8-7-13-24-20)15-25-21(23-4)26-16-22(2,3)27-5/h7-13H,6,14-16H2,1-5H3,(H2,23,25,26). The zero-order valence-electron chi connectivity index (χ0n) is 18.0. The van der Waals surface area contributed by atoms with Gasteiger partial charge in [-0.05, 0) is 50.6 Å². The van der Waals surface area contributed by atoms with Crippen LogP contribution in [0.25, 0.3) is 0 Å². The molecular formula is C22H32N4O3. The highest BCUT2D eigenvalue weighted by molar-refractivity contribution is 5.79. The van der Waals surface area contributed by atoms with Gasteiger partial charge in [-0.15, -0.1) is 0 Å². The summed E-state index contributed by atoms with van der Waals surface area (Å²) in [6.07, 6.45) is 2.69. The molecule has 2 rings (SSSR count). The lowest BCUT2D eigenvalue weighted by molar-refractivity contribution is 0.0268. The third kappa shape index (κ3) is 7.62. The first kappa shape index (κ1) is 22.5. The molecule has 1 heterocycles. The summed E-state index contributed by atoms with van der Waals surface area (Å²) in [7, 11) is 3.43. The second-order valence-corrected chi connectivity index (χ2v) is 7.13. The lowest BCUT2D eigenvalue weighted by Gasteiger charge is -2.24. The Labute approximate surface area is 173 Å². The highest BCUT2D eigenvalue weighted by atomic mass is 16.5. The lowest BCUT2D eigenvalue weighted by atomic mass is 10.1.